The number of nitrogens with zero attached hydrogens (tertiary/aromatic N) is 1. The number of rotatable bonds is 8. The lowest BCUT2D eigenvalue weighted by atomic mass is 10.1. The number of ether oxygens (including phenoxy) is 1. The van der Waals surface area contributed by atoms with Crippen LogP contribution in [0.3, 0.4) is 0 Å². The highest BCUT2D eigenvalue weighted by atomic mass is 16.5. The lowest BCUT2D eigenvalue weighted by Crippen LogP contribution is -2.32. The van der Waals surface area contributed by atoms with Crippen molar-refractivity contribution in [2.45, 2.75) is 31.7 Å². The van der Waals surface area contributed by atoms with Crippen molar-refractivity contribution in [3.05, 3.63) is 59.8 Å². The Balaban J connectivity index is 1.58. The first-order valence-corrected chi connectivity index (χ1v) is 8.77. The van der Waals surface area contributed by atoms with Gasteiger partial charge >= 0.3 is 0 Å². The topological polar surface area (TPSA) is 71.5 Å². The van der Waals surface area contributed by atoms with Gasteiger partial charge in [-0.25, -0.2) is 4.98 Å². The van der Waals surface area contributed by atoms with E-state index in [2.05, 4.69) is 22.4 Å². The first kappa shape index (κ1) is 17.4. The quantitative estimate of drug-likeness (QED) is 0.775. The van der Waals surface area contributed by atoms with Crippen LogP contribution in [0.2, 0.25) is 0 Å². The normalized spacial score (nSPS) is 19.9. The average molecular weight is 340 g/mol. The molecule has 0 radical (unpaired) electrons. The molecule has 0 saturated heterocycles. The van der Waals surface area contributed by atoms with E-state index in [-0.39, 0.29) is 24.3 Å². The van der Waals surface area contributed by atoms with E-state index in [0.717, 1.165) is 18.4 Å². The third-order valence-corrected chi connectivity index (χ3v) is 4.47. The number of aliphatic hydroxyl groups excluding tert-OH is 1. The lowest BCUT2D eigenvalue weighted by Gasteiger charge is -2.17. The van der Waals surface area contributed by atoms with Gasteiger partial charge in [0.15, 0.2) is 0 Å². The number of carbonyl (C=O) groups is 1. The number of carbonyl (C=O) groups excluding carboxylic acids is 1. The summed E-state index contributed by atoms with van der Waals surface area (Å²) in [4.78, 5) is 16.7. The van der Waals surface area contributed by atoms with Gasteiger partial charge in [-0.3, -0.25) is 4.79 Å². The molecular formula is C20H24N2O3. The monoisotopic (exact) mass is 340 g/mol. The summed E-state index contributed by atoms with van der Waals surface area (Å²) in [5.41, 5.74) is 1.97. The Morgan fingerprint density at radius 3 is 2.76 bits per heavy atom. The molecule has 3 unspecified atom stereocenters. The fraction of sp³-hybridized carbons (Fsp3) is 0.400. The molecule has 0 bridgehead atoms. The molecule has 0 spiro atoms. The molecule has 1 aromatic heterocycles. The second-order valence-corrected chi connectivity index (χ2v) is 6.38. The summed E-state index contributed by atoms with van der Waals surface area (Å²) in [6.45, 7) is 2.49. The zero-order valence-electron chi connectivity index (χ0n) is 14.4. The minimum absolute atomic E-state index is 0.0146. The van der Waals surface area contributed by atoms with Crippen LogP contribution in [0.25, 0.3) is 0 Å². The average Bonchev–Trinajstić information content (AvgIpc) is 3.46. The Labute approximate surface area is 148 Å². The van der Waals surface area contributed by atoms with Gasteiger partial charge in [0.05, 0.1) is 19.3 Å². The van der Waals surface area contributed by atoms with Gasteiger partial charge in [-0.2, -0.15) is 0 Å². The number of hydrogen-bond acceptors (Lipinski definition) is 4. The number of aliphatic hydroxyl groups is 1. The Bertz CT molecular complexity index is 688. The fourth-order valence-electron chi connectivity index (χ4n) is 2.96. The van der Waals surface area contributed by atoms with Crippen molar-refractivity contribution < 1.29 is 14.6 Å². The van der Waals surface area contributed by atoms with E-state index in [1.807, 2.05) is 31.2 Å². The molecule has 1 aliphatic rings. The Morgan fingerprint density at radius 1 is 1.32 bits per heavy atom. The van der Waals surface area contributed by atoms with Gasteiger partial charge in [-0.05, 0) is 36.0 Å². The van der Waals surface area contributed by atoms with Crippen LogP contribution in [0, 0.1) is 5.92 Å². The molecule has 1 aliphatic carbocycles. The van der Waals surface area contributed by atoms with Crippen LogP contribution < -0.4 is 10.1 Å². The van der Waals surface area contributed by atoms with Crippen molar-refractivity contribution in [1.29, 1.82) is 0 Å². The third kappa shape index (κ3) is 4.37. The smallest absolute Gasteiger partial charge is 0.224 e. The van der Waals surface area contributed by atoms with Gasteiger partial charge in [0.25, 0.3) is 0 Å². The van der Waals surface area contributed by atoms with Gasteiger partial charge in [0.1, 0.15) is 0 Å². The zero-order valence-corrected chi connectivity index (χ0v) is 14.4. The third-order valence-electron chi connectivity index (χ3n) is 4.47. The van der Waals surface area contributed by atoms with Crippen molar-refractivity contribution in [2.24, 2.45) is 5.92 Å². The van der Waals surface area contributed by atoms with Crippen LogP contribution >= 0.6 is 0 Å². The fourth-order valence-corrected chi connectivity index (χ4v) is 2.96. The summed E-state index contributed by atoms with van der Waals surface area (Å²) in [5, 5.41) is 12.6. The summed E-state index contributed by atoms with van der Waals surface area (Å²) < 4.78 is 5.45. The van der Waals surface area contributed by atoms with E-state index in [0.29, 0.717) is 12.5 Å². The first-order valence-electron chi connectivity index (χ1n) is 8.77. The molecule has 5 heteroatoms. The van der Waals surface area contributed by atoms with E-state index < -0.39 is 6.04 Å². The predicted octanol–water partition coefficient (Wildman–Crippen LogP) is 2.82. The molecule has 2 N–H and O–H groups in total. The summed E-state index contributed by atoms with van der Waals surface area (Å²) in [5.74, 6) is 0.805. The maximum atomic E-state index is 12.5. The molecule has 1 fully saturated rings. The van der Waals surface area contributed by atoms with Crippen molar-refractivity contribution in [2.75, 3.05) is 13.2 Å². The Kier molecular flexibility index (Phi) is 5.66. The number of amides is 1. The Morgan fingerprint density at radius 2 is 2.12 bits per heavy atom. The highest BCUT2D eigenvalue weighted by molar-refractivity contribution is 5.83. The van der Waals surface area contributed by atoms with Crippen LogP contribution in [-0.2, 0) is 4.79 Å². The van der Waals surface area contributed by atoms with Crippen LogP contribution in [0.4, 0.5) is 0 Å². The zero-order chi connectivity index (χ0) is 17.6. The van der Waals surface area contributed by atoms with Gasteiger partial charge in [-0.15, -0.1) is 0 Å². The van der Waals surface area contributed by atoms with Crippen molar-refractivity contribution in [3.8, 4) is 5.88 Å². The predicted molar refractivity (Wildman–Crippen MR) is 95.3 cm³/mol. The second kappa shape index (κ2) is 8.12. The molecule has 1 saturated carbocycles. The number of pyridine rings is 1. The molecule has 1 aromatic carbocycles. The molecule has 5 nitrogen and oxygen atoms in total. The summed E-state index contributed by atoms with van der Waals surface area (Å²) >= 11 is 0. The van der Waals surface area contributed by atoms with E-state index in [9.17, 15) is 9.90 Å². The Hall–Kier alpha value is -2.40. The number of nitrogens with one attached hydrogen (secondary N) is 1. The maximum Gasteiger partial charge on any atom is 0.224 e. The number of benzene rings is 1. The molecule has 1 heterocycles. The van der Waals surface area contributed by atoms with E-state index in [1.54, 1.807) is 12.3 Å². The summed E-state index contributed by atoms with van der Waals surface area (Å²) in [6, 6.07) is 13.2. The van der Waals surface area contributed by atoms with Crippen LogP contribution in [0.5, 0.6) is 5.88 Å². The molecule has 132 valence electrons. The van der Waals surface area contributed by atoms with Crippen LogP contribution in [0.15, 0.2) is 48.7 Å². The minimum Gasteiger partial charge on any atom is -0.478 e. The van der Waals surface area contributed by atoms with Crippen molar-refractivity contribution in [3.63, 3.8) is 0 Å². The van der Waals surface area contributed by atoms with E-state index >= 15 is 0 Å². The molecule has 3 atom stereocenters. The highest BCUT2D eigenvalue weighted by Crippen LogP contribution is 2.47. The molecule has 0 aliphatic heterocycles. The molecule has 25 heavy (non-hydrogen) atoms. The van der Waals surface area contributed by atoms with Gasteiger partial charge < -0.3 is 15.2 Å². The van der Waals surface area contributed by atoms with Crippen molar-refractivity contribution in [1.82, 2.24) is 10.3 Å². The summed E-state index contributed by atoms with van der Waals surface area (Å²) in [6.07, 6.45) is 3.42. The second-order valence-electron chi connectivity index (χ2n) is 6.38. The van der Waals surface area contributed by atoms with E-state index in [1.165, 1.54) is 5.56 Å². The SMILES string of the molecule is CCCOc1ccc(C(CO)NC(=O)C2CC2c2ccccc2)cn1. The van der Waals surface area contributed by atoms with Gasteiger partial charge in [0.2, 0.25) is 11.8 Å². The van der Waals surface area contributed by atoms with Crippen LogP contribution in [-0.4, -0.2) is 29.2 Å². The van der Waals surface area contributed by atoms with Crippen molar-refractivity contribution >= 4 is 5.91 Å². The highest BCUT2D eigenvalue weighted by Gasteiger charge is 2.44. The van der Waals surface area contributed by atoms with Gasteiger partial charge in [-0.1, -0.05) is 37.3 Å². The molecule has 3 rings (SSSR count). The number of hydrogen-bond donors (Lipinski definition) is 2. The number of aromatic nitrogens is 1. The maximum absolute atomic E-state index is 12.5. The first-order chi connectivity index (χ1) is 12.2. The lowest BCUT2D eigenvalue weighted by molar-refractivity contribution is -0.123. The molecular weight excluding hydrogens is 316 g/mol. The largest absolute Gasteiger partial charge is 0.478 e. The van der Waals surface area contributed by atoms with E-state index in [4.69, 9.17) is 4.74 Å². The standard InChI is InChI=1S/C20H24N2O3/c1-2-10-25-19-9-8-15(12-21-19)18(13-23)22-20(24)17-11-16(17)14-6-4-3-5-7-14/h3-9,12,16-18,23H,2,10-11,13H2,1H3,(H,22,24). The minimum atomic E-state index is -0.447. The van der Waals surface area contributed by atoms with Gasteiger partial charge in [0, 0.05) is 18.2 Å². The molecule has 2 aromatic rings. The van der Waals surface area contributed by atoms with Crippen LogP contribution in [0.1, 0.15) is 42.9 Å². The summed E-state index contributed by atoms with van der Waals surface area (Å²) in [7, 11) is 0. The molecule has 1 amide bonds.